The third-order valence-electron chi connectivity index (χ3n) is 0.567. The molecule has 58 valence electrons. The quantitative estimate of drug-likeness (QED) is 0.384. The molecule has 6 nitrogen and oxygen atoms in total. The summed E-state index contributed by atoms with van der Waals surface area (Å²) in [6, 6.07) is -0.889. The van der Waals surface area contributed by atoms with E-state index >= 15 is 0 Å². The van der Waals surface area contributed by atoms with Gasteiger partial charge in [-0.05, 0) is 6.92 Å². The van der Waals surface area contributed by atoms with Gasteiger partial charge in [0.2, 0.25) is 0 Å². The van der Waals surface area contributed by atoms with Crippen LogP contribution in [0.1, 0.15) is 6.92 Å². The highest BCUT2D eigenvalue weighted by molar-refractivity contribution is 5.75. The lowest BCUT2D eigenvalue weighted by molar-refractivity contribution is -0.241. The average molecular weight is 149 g/mol. The topological polar surface area (TPSA) is 98.9 Å². The van der Waals surface area contributed by atoms with Crippen molar-refractivity contribution in [1.29, 1.82) is 0 Å². The van der Waals surface area contributed by atoms with Crippen molar-refractivity contribution in [2.24, 2.45) is 5.73 Å². The molecular formula is C4H7NO5. The van der Waals surface area contributed by atoms with Crippen LogP contribution in [0.15, 0.2) is 0 Å². The van der Waals surface area contributed by atoms with Gasteiger partial charge in [-0.1, -0.05) is 0 Å². The van der Waals surface area contributed by atoms with Gasteiger partial charge >= 0.3 is 12.1 Å². The Hall–Kier alpha value is -1.30. The number of hydrogen-bond donors (Lipinski definition) is 2. The van der Waals surface area contributed by atoms with Gasteiger partial charge < -0.3 is 10.8 Å². The van der Waals surface area contributed by atoms with Crippen LogP contribution in [0.25, 0.3) is 0 Å². The van der Waals surface area contributed by atoms with E-state index in [0.717, 1.165) is 0 Å². The minimum atomic E-state index is -1.69. The second-order valence-corrected chi connectivity index (χ2v) is 1.54. The Kier molecular flexibility index (Phi) is 3.20. The van der Waals surface area contributed by atoms with E-state index < -0.39 is 18.2 Å². The second kappa shape index (κ2) is 3.67. The molecule has 0 fully saturated rings. The van der Waals surface area contributed by atoms with Crippen molar-refractivity contribution < 1.29 is 24.5 Å². The predicted molar refractivity (Wildman–Crippen MR) is 28.9 cm³/mol. The highest BCUT2D eigenvalue weighted by atomic mass is 17.2. The standard InChI is InChI=1S/C4H7NO5/c1-2(5)3(6)9-10-4(7)8/h2H,5H2,1H3,(H,7,8). The average Bonchev–Trinajstić information content (AvgIpc) is 1.82. The second-order valence-electron chi connectivity index (χ2n) is 1.54. The highest BCUT2D eigenvalue weighted by Crippen LogP contribution is 1.85. The Morgan fingerprint density at radius 2 is 2.00 bits per heavy atom. The number of nitrogens with two attached hydrogens (primary N) is 1. The van der Waals surface area contributed by atoms with Gasteiger partial charge in [-0.3, -0.25) is 0 Å². The number of rotatable bonds is 1. The summed E-state index contributed by atoms with van der Waals surface area (Å²) in [5.41, 5.74) is 4.97. The van der Waals surface area contributed by atoms with Crippen LogP contribution >= 0.6 is 0 Å². The van der Waals surface area contributed by atoms with Crippen LogP contribution in [-0.4, -0.2) is 23.3 Å². The van der Waals surface area contributed by atoms with Crippen LogP contribution < -0.4 is 5.73 Å². The maximum Gasteiger partial charge on any atom is 0.547 e. The van der Waals surface area contributed by atoms with Gasteiger partial charge in [-0.25, -0.2) is 19.4 Å². The zero-order valence-electron chi connectivity index (χ0n) is 5.23. The summed E-state index contributed by atoms with van der Waals surface area (Å²) < 4.78 is 0. The molecular weight excluding hydrogens is 142 g/mol. The fourth-order valence-electron chi connectivity index (χ4n) is 0.153. The van der Waals surface area contributed by atoms with E-state index in [1.165, 1.54) is 6.92 Å². The van der Waals surface area contributed by atoms with Gasteiger partial charge in [-0.15, -0.1) is 0 Å². The Morgan fingerprint density at radius 3 is 2.30 bits per heavy atom. The molecule has 0 bridgehead atoms. The third kappa shape index (κ3) is 3.67. The van der Waals surface area contributed by atoms with Crippen molar-refractivity contribution in [1.82, 2.24) is 0 Å². The fourth-order valence-corrected chi connectivity index (χ4v) is 0.153. The molecule has 0 aromatic carbocycles. The molecule has 0 saturated carbocycles. The lowest BCUT2D eigenvalue weighted by Crippen LogP contribution is -2.29. The molecule has 0 aliphatic carbocycles. The van der Waals surface area contributed by atoms with Crippen LogP contribution in [-0.2, 0) is 14.6 Å². The minimum absolute atomic E-state index is 0.889. The minimum Gasteiger partial charge on any atom is -0.447 e. The van der Waals surface area contributed by atoms with Gasteiger partial charge in [0.15, 0.2) is 0 Å². The molecule has 0 saturated heterocycles. The van der Waals surface area contributed by atoms with Crippen molar-refractivity contribution in [3.63, 3.8) is 0 Å². The van der Waals surface area contributed by atoms with E-state index in [0.29, 0.717) is 0 Å². The van der Waals surface area contributed by atoms with E-state index in [4.69, 9.17) is 10.8 Å². The van der Waals surface area contributed by atoms with Crippen LogP contribution in [0.3, 0.4) is 0 Å². The summed E-state index contributed by atoms with van der Waals surface area (Å²) in [5.74, 6) is -0.928. The first kappa shape index (κ1) is 8.70. The van der Waals surface area contributed by atoms with Crippen LogP contribution in [0.2, 0.25) is 0 Å². The zero-order valence-corrected chi connectivity index (χ0v) is 5.23. The van der Waals surface area contributed by atoms with Crippen LogP contribution in [0.5, 0.6) is 0 Å². The molecule has 0 radical (unpaired) electrons. The maximum atomic E-state index is 10.3. The van der Waals surface area contributed by atoms with Gasteiger partial charge in [0.1, 0.15) is 6.04 Å². The molecule has 1 atom stereocenters. The first-order chi connectivity index (χ1) is 4.54. The molecule has 0 aliphatic rings. The zero-order chi connectivity index (χ0) is 8.15. The van der Waals surface area contributed by atoms with Crippen molar-refractivity contribution in [2.45, 2.75) is 13.0 Å². The highest BCUT2D eigenvalue weighted by Gasteiger charge is 2.11. The monoisotopic (exact) mass is 149 g/mol. The Labute approximate surface area is 56.4 Å². The Bertz CT molecular complexity index is 143. The van der Waals surface area contributed by atoms with E-state index in [1.54, 1.807) is 0 Å². The number of carboxylic acid groups (broad SMARTS) is 1. The van der Waals surface area contributed by atoms with Gasteiger partial charge in [-0.2, -0.15) is 0 Å². The number of carbonyl (C=O) groups is 2. The van der Waals surface area contributed by atoms with Crippen LogP contribution in [0, 0.1) is 0 Å². The van der Waals surface area contributed by atoms with Crippen LogP contribution in [0.4, 0.5) is 4.79 Å². The molecule has 0 amide bonds. The molecule has 0 spiro atoms. The Balaban J connectivity index is 3.50. The fraction of sp³-hybridized carbons (Fsp3) is 0.500. The number of carbonyl (C=O) groups excluding carboxylic acids is 1. The summed E-state index contributed by atoms with van der Waals surface area (Å²) in [5, 5.41) is 7.80. The molecule has 0 rings (SSSR count). The summed E-state index contributed by atoms with van der Waals surface area (Å²) in [4.78, 5) is 27.1. The van der Waals surface area contributed by atoms with Crippen molar-refractivity contribution in [3.8, 4) is 0 Å². The first-order valence-corrected chi connectivity index (χ1v) is 2.41. The SMILES string of the molecule is CC(N)C(=O)OOC(=O)O. The lowest BCUT2D eigenvalue weighted by atomic mass is 10.4. The molecule has 0 aliphatic heterocycles. The molecule has 0 aromatic rings. The van der Waals surface area contributed by atoms with Gasteiger partial charge in [0, 0.05) is 0 Å². The predicted octanol–water partition coefficient (Wildman–Crippen LogP) is -0.514. The maximum absolute atomic E-state index is 10.3. The van der Waals surface area contributed by atoms with E-state index in [-0.39, 0.29) is 0 Å². The van der Waals surface area contributed by atoms with Gasteiger partial charge in [0.05, 0.1) is 0 Å². The normalized spacial score (nSPS) is 11.8. The van der Waals surface area contributed by atoms with Crippen molar-refractivity contribution >= 4 is 12.1 Å². The van der Waals surface area contributed by atoms with Gasteiger partial charge in [0.25, 0.3) is 0 Å². The molecule has 1 unspecified atom stereocenters. The summed E-state index contributed by atoms with van der Waals surface area (Å²) in [7, 11) is 0. The van der Waals surface area contributed by atoms with E-state index in [2.05, 4.69) is 9.78 Å². The third-order valence-corrected chi connectivity index (χ3v) is 0.567. The smallest absolute Gasteiger partial charge is 0.447 e. The first-order valence-electron chi connectivity index (χ1n) is 2.41. The molecule has 3 N–H and O–H groups in total. The molecule has 0 heterocycles. The molecule has 0 aromatic heterocycles. The summed E-state index contributed by atoms with van der Waals surface area (Å²) in [6.45, 7) is 1.34. The van der Waals surface area contributed by atoms with E-state index in [1.807, 2.05) is 0 Å². The van der Waals surface area contributed by atoms with Crippen molar-refractivity contribution in [2.75, 3.05) is 0 Å². The van der Waals surface area contributed by atoms with E-state index in [9.17, 15) is 9.59 Å². The molecule has 6 heteroatoms. The number of hydrogen-bond acceptors (Lipinski definition) is 5. The summed E-state index contributed by atoms with van der Waals surface area (Å²) >= 11 is 0. The molecule has 10 heavy (non-hydrogen) atoms. The summed E-state index contributed by atoms with van der Waals surface area (Å²) in [6.07, 6.45) is -1.69. The largest absolute Gasteiger partial charge is 0.547 e. The van der Waals surface area contributed by atoms with Crippen molar-refractivity contribution in [3.05, 3.63) is 0 Å². The Morgan fingerprint density at radius 1 is 1.50 bits per heavy atom. The lowest BCUT2D eigenvalue weighted by Gasteiger charge is -2.00.